The fraction of sp³-hybridized carbons (Fsp3) is 0.188. The molecule has 0 fully saturated rings. The van der Waals surface area contributed by atoms with E-state index in [1.165, 1.54) is 23.9 Å². The molecule has 0 aliphatic rings. The number of aryl methyl sites for hydroxylation is 1. The van der Waals surface area contributed by atoms with E-state index in [0.29, 0.717) is 0 Å². The first-order valence-electron chi connectivity index (χ1n) is 6.41. The average Bonchev–Trinajstić information content (AvgIpc) is 2.45. The van der Waals surface area contributed by atoms with Crippen molar-refractivity contribution in [2.24, 2.45) is 0 Å². The number of hydrogen-bond acceptors (Lipinski definition) is 2. The number of carbonyl (C=O) groups excluding carboxylic acids is 1. The number of nitrogens with one attached hydrogen (secondary N) is 1. The van der Waals surface area contributed by atoms with Gasteiger partial charge in [-0.3, -0.25) is 4.79 Å². The van der Waals surface area contributed by atoms with Crippen molar-refractivity contribution >= 4 is 35.0 Å². The monoisotopic (exact) mass is 323 g/mol. The third kappa shape index (κ3) is 4.22. The lowest BCUT2D eigenvalue weighted by molar-refractivity contribution is -0.113. The molecule has 0 aliphatic heterocycles. The normalized spacial score (nSPS) is 10.5. The summed E-state index contributed by atoms with van der Waals surface area (Å²) in [6, 6.07) is 10.2. The summed E-state index contributed by atoms with van der Waals surface area (Å²) in [6.07, 6.45) is 0. The highest BCUT2D eigenvalue weighted by molar-refractivity contribution is 8.00. The van der Waals surface area contributed by atoms with E-state index < -0.39 is 5.82 Å². The molecule has 2 nitrogen and oxygen atoms in total. The van der Waals surface area contributed by atoms with Gasteiger partial charge in [-0.2, -0.15) is 0 Å². The molecule has 0 aliphatic carbocycles. The quantitative estimate of drug-likeness (QED) is 0.817. The van der Waals surface area contributed by atoms with Crippen molar-refractivity contribution in [1.29, 1.82) is 0 Å². The molecule has 0 radical (unpaired) electrons. The molecule has 2 aromatic rings. The van der Waals surface area contributed by atoms with Gasteiger partial charge >= 0.3 is 0 Å². The molecule has 0 unspecified atom stereocenters. The van der Waals surface area contributed by atoms with Gasteiger partial charge in [-0.15, -0.1) is 11.8 Å². The van der Waals surface area contributed by atoms with Crippen LogP contribution in [0.5, 0.6) is 0 Å². The van der Waals surface area contributed by atoms with Crippen molar-refractivity contribution in [2.75, 3.05) is 11.1 Å². The van der Waals surface area contributed by atoms with Crippen LogP contribution in [0, 0.1) is 19.7 Å². The predicted octanol–water partition coefficient (Wildman–Crippen LogP) is 4.83. The zero-order valence-corrected chi connectivity index (χ0v) is 13.3. The molecule has 0 atom stereocenters. The summed E-state index contributed by atoms with van der Waals surface area (Å²) in [7, 11) is 0. The summed E-state index contributed by atoms with van der Waals surface area (Å²) in [5, 5.41) is 2.95. The first-order chi connectivity index (χ1) is 9.97. The van der Waals surface area contributed by atoms with Gasteiger partial charge in [0.1, 0.15) is 5.82 Å². The van der Waals surface area contributed by atoms with E-state index in [1.54, 1.807) is 6.07 Å². The van der Waals surface area contributed by atoms with Crippen LogP contribution in [0.15, 0.2) is 41.3 Å². The zero-order valence-electron chi connectivity index (χ0n) is 11.7. The highest BCUT2D eigenvalue weighted by atomic mass is 35.5. The number of thioether (sulfide) groups is 1. The second kappa shape index (κ2) is 6.96. The molecule has 21 heavy (non-hydrogen) atoms. The van der Waals surface area contributed by atoms with Crippen LogP contribution >= 0.6 is 23.4 Å². The summed E-state index contributed by atoms with van der Waals surface area (Å²) >= 11 is 7.03. The first kappa shape index (κ1) is 15.9. The minimum Gasteiger partial charge on any atom is -0.325 e. The molecular weight excluding hydrogens is 309 g/mol. The summed E-state index contributed by atoms with van der Waals surface area (Å²) in [5.41, 5.74) is 3.00. The standard InChI is InChI=1S/C16H15ClFNOS/c1-10-4-3-5-15(11(10)2)19-16(20)9-21-12-6-7-14(18)13(17)8-12/h3-8H,9H2,1-2H3,(H,19,20). The maximum Gasteiger partial charge on any atom is 0.234 e. The summed E-state index contributed by atoms with van der Waals surface area (Å²) < 4.78 is 13.0. The van der Waals surface area contributed by atoms with Gasteiger partial charge in [0, 0.05) is 10.6 Å². The second-order valence-electron chi connectivity index (χ2n) is 4.66. The van der Waals surface area contributed by atoms with Crippen molar-refractivity contribution < 1.29 is 9.18 Å². The maximum atomic E-state index is 13.0. The Morgan fingerprint density at radius 1 is 1.29 bits per heavy atom. The van der Waals surface area contributed by atoms with Crippen molar-refractivity contribution in [3.63, 3.8) is 0 Å². The van der Waals surface area contributed by atoms with Gasteiger partial charge in [0.05, 0.1) is 10.8 Å². The van der Waals surface area contributed by atoms with Gasteiger partial charge in [-0.05, 0) is 49.2 Å². The molecular formula is C16H15ClFNOS. The van der Waals surface area contributed by atoms with Crippen molar-refractivity contribution in [2.45, 2.75) is 18.7 Å². The Kier molecular flexibility index (Phi) is 5.26. The van der Waals surface area contributed by atoms with E-state index in [-0.39, 0.29) is 16.7 Å². The Labute approximate surface area is 132 Å². The van der Waals surface area contributed by atoms with Gasteiger partial charge in [0.25, 0.3) is 0 Å². The minimum absolute atomic E-state index is 0.0648. The zero-order chi connectivity index (χ0) is 15.4. The molecule has 2 aromatic carbocycles. The third-order valence-corrected chi connectivity index (χ3v) is 4.42. The van der Waals surface area contributed by atoms with Crippen molar-refractivity contribution in [1.82, 2.24) is 0 Å². The topological polar surface area (TPSA) is 29.1 Å². The van der Waals surface area contributed by atoms with E-state index in [2.05, 4.69) is 5.32 Å². The molecule has 0 heterocycles. The largest absolute Gasteiger partial charge is 0.325 e. The molecule has 5 heteroatoms. The van der Waals surface area contributed by atoms with Crippen LogP contribution in [-0.4, -0.2) is 11.7 Å². The molecule has 0 bridgehead atoms. The van der Waals surface area contributed by atoms with Gasteiger partial charge in [0.2, 0.25) is 5.91 Å². The van der Waals surface area contributed by atoms with Crippen molar-refractivity contribution in [3.05, 3.63) is 58.4 Å². The number of hydrogen-bond donors (Lipinski definition) is 1. The molecule has 0 saturated carbocycles. The molecule has 0 aromatic heterocycles. The number of halogens is 2. The predicted molar refractivity (Wildman–Crippen MR) is 86.7 cm³/mol. The first-order valence-corrected chi connectivity index (χ1v) is 7.77. The number of carbonyl (C=O) groups is 1. The number of benzene rings is 2. The number of amides is 1. The Morgan fingerprint density at radius 2 is 2.05 bits per heavy atom. The molecule has 2 rings (SSSR count). The Balaban J connectivity index is 1.96. The SMILES string of the molecule is Cc1cccc(NC(=O)CSc2ccc(F)c(Cl)c2)c1C. The number of anilines is 1. The van der Waals surface area contributed by atoms with Crippen molar-refractivity contribution in [3.8, 4) is 0 Å². The van der Waals surface area contributed by atoms with Crippen LogP contribution < -0.4 is 5.32 Å². The average molecular weight is 324 g/mol. The van der Waals surface area contributed by atoms with E-state index in [0.717, 1.165) is 21.7 Å². The summed E-state index contributed by atoms with van der Waals surface area (Å²) in [6.45, 7) is 3.97. The van der Waals surface area contributed by atoms with E-state index >= 15 is 0 Å². The van der Waals surface area contributed by atoms with Crippen LogP contribution in [0.25, 0.3) is 0 Å². The van der Waals surface area contributed by atoms with E-state index in [1.807, 2.05) is 32.0 Å². The molecule has 110 valence electrons. The molecule has 1 amide bonds. The Hall–Kier alpha value is -1.52. The van der Waals surface area contributed by atoms with Crippen LogP contribution in [0.4, 0.5) is 10.1 Å². The highest BCUT2D eigenvalue weighted by Gasteiger charge is 2.08. The minimum atomic E-state index is -0.458. The van der Waals surface area contributed by atoms with Crippen LogP contribution in [0.3, 0.4) is 0 Å². The van der Waals surface area contributed by atoms with Gasteiger partial charge in [-0.25, -0.2) is 4.39 Å². The molecule has 0 spiro atoms. The fourth-order valence-corrected chi connectivity index (χ4v) is 2.77. The maximum absolute atomic E-state index is 13.0. The third-order valence-electron chi connectivity index (χ3n) is 3.14. The Morgan fingerprint density at radius 3 is 2.76 bits per heavy atom. The Bertz CT molecular complexity index is 675. The lowest BCUT2D eigenvalue weighted by Gasteiger charge is -2.10. The lowest BCUT2D eigenvalue weighted by Crippen LogP contribution is -2.15. The van der Waals surface area contributed by atoms with E-state index in [9.17, 15) is 9.18 Å². The molecule has 0 saturated heterocycles. The second-order valence-corrected chi connectivity index (χ2v) is 6.12. The smallest absolute Gasteiger partial charge is 0.234 e. The molecule has 1 N–H and O–H groups in total. The van der Waals surface area contributed by atoms with Gasteiger partial charge in [0.15, 0.2) is 0 Å². The highest BCUT2D eigenvalue weighted by Crippen LogP contribution is 2.24. The van der Waals surface area contributed by atoms with Crippen LogP contribution in [0.2, 0.25) is 5.02 Å². The van der Waals surface area contributed by atoms with Gasteiger partial charge in [-0.1, -0.05) is 23.7 Å². The van der Waals surface area contributed by atoms with Crippen LogP contribution in [-0.2, 0) is 4.79 Å². The fourth-order valence-electron chi connectivity index (χ4n) is 1.79. The lowest BCUT2D eigenvalue weighted by atomic mass is 10.1. The summed E-state index contributed by atoms with van der Waals surface area (Å²) in [4.78, 5) is 12.7. The van der Waals surface area contributed by atoms with Crippen LogP contribution in [0.1, 0.15) is 11.1 Å². The van der Waals surface area contributed by atoms with Gasteiger partial charge < -0.3 is 5.32 Å². The van der Waals surface area contributed by atoms with E-state index in [4.69, 9.17) is 11.6 Å². The summed E-state index contributed by atoms with van der Waals surface area (Å²) in [5.74, 6) is -0.315. The number of rotatable bonds is 4.